The first-order chi connectivity index (χ1) is 20.5. The molecule has 6 atom stereocenters. The third-order valence-electron chi connectivity index (χ3n) is 8.49. The Morgan fingerprint density at radius 2 is 2.00 bits per heavy atom. The first-order valence-corrected chi connectivity index (χ1v) is 15.2. The van der Waals surface area contributed by atoms with Crippen LogP contribution in [0.25, 0.3) is 0 Å². The lowest BCUT2D eigenvalue weighted by molar-refractivity contribution is -0.158. The molecule has 0 bridgehead atoms. The molecule has 3 fully saturated rings. The highest BCUT2D eigenvalue weighted by atomic mass is 32.2. The average Bonchev–Trinajstić information content (AvgIpc) is 3.69. The van der Waals surface area contributed by atoms with Crippen molar-refractivity contribution in [3.8, 4) is 0 Å². The first-order valence-electron chi connectivity index (χ1n) is 14.3. The van der Waals surface area contributed by atoms with E-state index in [9.17, 15) is 24.3 Å². The summed E-state index contributed by atoms with van der Waals surface area (Å²) in [6, 6.07) is -1.24. The van der Waals surface area contributed by atoms with Crippen LogP contribution in [0.5, 0.6) is 0 Å². The van der Waals surface area contributed by atoms with Crippen LogP contribution in [-0.2, 0) is 25.7 Å². The van der Waals surface area contributed by atoms with E-state index in [0.29, 0.717) is 37.5 Å². The molecule has 18 heteroatoms. The molecular formula is C25H38N12O5S. The van der Waals surface area contributed by atoms with E-state index in [4.69, 9.17) is 11.5 Å². The topological polar surface area (TPSA) is 230 Å². The maximum absolute atomic E-state index is 13.3. The standard InChI is InChI=1S/C25H38N12O5S/c1-13-19-18(14(2)31-17(38)11-36-12-30-32-33-36)23(40)37(19)20(24(41)42)21(13)43-15-9-16(29-10-15)22(39)35-7-5-34(6-8-35)4-3-28-25(26)27/h12-16,18-19,29H,3-11H2,1-2H3,(H,31,38)(H,41,42)(H4,26,27,28)/t13-,14-,15+,16+,18-,19-/m1/s1. The Bertz CT molecular complexity index is 1290. The number of β-lactam (4-membered cyclic amide) rings is 1. The zero-order valence-corrected chi connectivity index (χ0v) is 24.9. The van der Waals surface area contributed by atoms with Crippen molar-refractivity contribution in [3.05, 3.63) is 16.9 Å². The molecule has 0 spiro atoms. The van der Waals surface area contributed by atoms with E-state index in [1.807, 2.05) is 11.8 Å². The minimum absolute atomic E-state index is 0.00240. The van der Waals surface area contributed by atoms with Gasteiger partial charge < -0.3 is 37.0 Å². The van der Waals surface area contributed by atoms with Crippen molar-refractivity contribution in [2.45, 2.75) is 50.2 Å². The summed E-state index contributed by atoms with van der Waals surface area (Å²) in [5, 5.41) is 26.9. The van der Waals surface area contributed by atoms with Crippen molar-refractivity contribution in [2.75, 3.05) is 45.8 Å². The van der Waals surface area contributed by atoms with Gasteiger partial charge in [0, 0.05) is 61.4 Å². The van der Waals surface area contributed by atoms with Crippen molar-refractivity contribution in [1.29, 1.82) is 0 Å². The number of aromatic nitrogens is 4. The van der Waals surface area contributed by atoms with Gasteiger partial charge >= 0.3 is 5.97 Å². The van der Waals surface area contributed by atoms with Gasteiger partial charge in [-0.15, -0.1) is 16.9 Å². The normalized spacial score (nSPS) is 28.0. The molecule has 234 valence electrons. The first kappa shape index (κ1) is 30.7. The molecule has 0 aliphatic carbocycles. The lowest BCUT2D eigenvalue weighted by atomic mass is 9.78. The summed E-state index contributed by atoms with van der Waals surface area (Å²) in [4.78, 5) is 61.4. The molecule has 43 heavy (non-hydrogen) atoms. The number of aliphatic carboxylic acids is 1. The number of thioether (sulfide) groups is 1. The molecule has 1 aromatic heterocycles. The number of nitrogens with zero attached hydrogens (tertiary/aromatic N) is 8. The molecule has 3 amide bonds. The number of nitrogens with two attached hydrogens (primary N) is 2. The van der Waals surface area contributed by atoms with Crippen molar-refractivity contribution in [1.82, 2.24) is 45.5 Å². The molecular weight excluding hydrogens is 580 g/mol. The van der Waals surface area contributed by atoms with Gasteiger partial charge in [-0.2, -0.15) is 0 Å². The average molecular weight is 619 g/mol. The van der Waals surface area contributed by atoms with Crippen LogP contribution in [0.3, 0.4) is 0 Å². The molecule has 0 unspecified atom stereocenters. The highest BCUT2D eigenvalue weighted by Gasteiger charge is 2.60. The van der Waals surface area contributed by atoms with E-state index in [0.717, 1.165) is 19.6 Å². The monoisotopic (exact) mass is 618 g/mol. The lowest BCUT2D eigenvalue weighted by Gasteiger charge is -2.47. The number of piperazine rings is 1. The van der Waals surface area contributed by atoms with E-state index in [1.165, 1.54) is 27.7 Å². The van der Waals surface area contributed by atoms with Gasteiger partial charge in [-0.1, -0.05) is 6.92 Å². The zero-order valence-electron chi connectivity index (χ0n) is 24.1. The highest BCUT2D eigenvalue weighted by molar-refractivity contribution is 8.03. The number of tetrazole rings is 1. The van der Waals surface area contributed by atoms with Gasteiger partial charge in [0.1, 0.15) is 18.6 Å². The smallest absolute Gasteiger partial charge is 0.353 e. The highest BCUT2D eigenvalue weighted by Crippen LogP contribution is 2.51. The number of carboxylic acid groups (broad SMARTS) is 1. The van der Waals surface area contributed by atoms with Crippen molar-refractivity contribution in [3.63, 3.8) is 0 Å². The second-order valence-corrected chi connectivity index (χ2v) is 12.6. The van der Waals surface area contributed by atoms with Crippen molar-refractivity contribution < 1.29 is 24.3 Å². The number of amides is 3. The molecule has 4 aliphatic heterocycles. The Morgan fingerprint density at radius 3 is 2.65 bits per heavy atom. The van der Waals surface area contributed by atoms with Crippen LogP contribution in [-0.4, -0.2) is 139 Å². The maximum atomic E-state index is 13.3. The summed E-state index contributed by atoms with van der Waals surface area (Å²) in [5.41, 5.74) is 10.8. The number of hydrogen-bond donors (Lipinski definition) is 5. The number of carboxylic acids is 1. The van der Waals surface area contributed by atoms with Crippen LogP contribution in [0.15, 0.2) is 21.9 Å². The molecule has 5 rings (SSSR count). The Kier molecular flexibility index (Phi) is 9.16. The Labute approximate surface area is 252 Å². The van der Waals surface area contributed by atoms with Gasteiger partial charge in [-0.05, 0) is 23.8 Å². The number of fused-ring (bicyclic) bond motifs is 1. The number of rotatable bonds is 11. The molecule has 5 heterocycles. The molecule has 0 aromatic carbocycles. The number of carbonyl (C=O) groups is 4. The SMILES string of the molecule is C[C@@H](NC(=O)Cn1cnnn1)[C@H]1C(=O)N2C(C(=O)O)=C(S[C@@H]3CN[C@H](C(=O)N4CCN(CCN=C(N)N)CC4)C3)[C@H](C)[C@H]12. The summed E-state index contributed by atoms with van der Waals surface area (Å²) in [6.07, 6.45) is 1.88. The van der Waals surface area contributed by atoms with Crippen LogP contribution in [0.1, 0.15) is 20.3 Å². The largest absolute Gasteiger partial charge is 0.477 e. The van der Waals surface area contributed by atoms with Crippen LogP contribution >= 0.6 is 11.8 Å². The van der Waals surface area contributed by atoms with E-state index in [1.54, 1.807) is 6.92 Å². The third kappa shape index (κ3) is 6.45. The van der Waals surface area contributed by atoms with Gasteiger partial charge in [0.2, 0.25) is 17.7 Å². The fraction of sp³-hybridized carbons (Fsp3) is 0.680. The van der Waals surface area contributed by atoms with Gasteiger partial charge in [0.25, 0.3) is 0 Å². The Morgan fingerprint density at radius 1 is 1.26 bits per heavy atom. The predicted molar refractivity (Wildman–Crippen MR) is 155 cm³/mol. The Balaban J connectivity index is 1.15. The summed E-state index contributed by atoms with van der Waals surface area (Å²) in [5.74, 6) is -2.51. The van der Waals surface area contributed by atoms with Crippen LogP contribution in [0, 0.1) is 11.8 Å². The fourth-order valence-corrected chi connectivity index (χ4v) is 7.86. The van der Waals surface area contributed by atoms with Crippen molar-refractivity contribution in [2.24, 2.45) is 28.3 Å². The molecule has 0 radical (unpaired) electrons. The predicted octanol–water partition coefficient (Wildman–Crippen LogP) is -3.17. The van der Waals surface area contributed by atoms with Gasteiger partial charge in [-0.3, -0.25) is 24.3 Å². The number of guanidine groups is 1. The Hall–Kier alpha value is -3.77. The second kappa shape index (κ2) is 12.8. The maximum Gasteiger partial charge on any atom is 0.353 e. The zero-order chi connectivity index (χ0) is 30.8. The molecule has 1 aromatic rings. The minimum atomic E-state index is -1.16. The van der Waals surface area contributed by atoms with E-state index < -0.39 is 17.9 Å². The van der Waals surface area contributed by atoms with Gasteiger partial charge in [0.15, 0.2) is 5.96 Å². The molecule has 7 N–H and O–H groups in total. The van der Waals surface area contributed by atoms with Crippen LogP contribution in [0.2, 0.25) is 0 Å². The van der Waals surface area contributed by atoms with Crippen molar-refractivity contribution >= 4 is 41.4 Å². The third-order valence-corrected chi connectivity index (χ3v) is 10.0. The fourth-order valence-electron chi connectivity index (χ4n) is 6.38. The molecule has 17 nitrogen and oxygen atoms in total. The lowest BCUT2D eigenvalue weighted by Crippen LogP contribution is -2.66. The van der Waals surface area contributed by atoms with Gasteiger partial charge in [-0.25, -0.2) is 9.48 Å². The number of aliphatic imine (C=N–C) groups is 1. The number of hydrogen-bond acceptors (Lipinski definition) is 11. The van der Waals surface area contributed by atoms with E-state index in [-0.39, 0.29) is 59.2 Å². The quantitative estimate of drug-likeness (QED) is 0.0937. The minimum Gasteiger partial charge on any atom is -0.477 e. The summed E-state index contributed by atoms with van der Waals surface area (Å²) < 4.78 is 1.28. The summed E-state index contributed by atoms with van der Waals surface area (Å²) >= 11 is 1.44. The van der Waals surface area contributed by atoms with Gasteiger partial charge in [0.05, 0.1) is 24.5 Å². The van der Waals surface area contributed by atoms with Crippen LogP contribution in [0.4, 0.5) is 0 Å². The summed E-state index contributed by atoms with van der Waals surface area (Å²) in [7, 11) is 0. The molecule has 4 aliphatic rings. The molecule has 3 saturated heterocycles. The molecule has 0 saturated carbocycles. The van der Waals surface area contributed by atoms with Crippen LogP contribution < -0.4 is 22.1 Å². The van der Waals surface area contributed by atoms with E-state index >= 15 is 0 Å². The number of carbonyl (C=O) groups excluding carboxylic acids is 3. The number of nitrogens with one attached hydrogen (secondary N) is 2. The summed E-state index contributed by atoms with van der Waals surface area (Å²) in [6.45, 7) is 8.09. The van der Waals surface area contributed by atoms with E-state index in [2.05, 4.69) is 36.1 Å². The second-order valence-electron chi connectivity index (χ2n) is 11.3.